The highest BCUT2D eigenvalue weighted by atomic mass is 16.7. The lowest BCUT2D eigenvalue weighted by molar-refractivity contribution is 0.140. The smallest absolute Gasteiger partial charge is 0.449 e. The Morgan fingerprint density at radius 1 is 1.29 bits per heavy atom. The Labute approximate surface area is 94.9 Å². The van der Waals surface area contributed by atoms with Gasteiger partial charge in [0.25, 0.3) is 0 Å². The van der Waals surface area contributed by atoms with Crippen molar-refractivity contribution in [3.8, 4) is 6.01 Å². The number of nitrogens with one attached hydrogen (secondary N) is 1. The first kappa shape index (κ1) is 9.59. The van der Waals surface area contributed by atoms with Gasteiger partial charge < -0.3 is 14.8 Å². The van der Waals surface area contributed by atoms with Crippen molar-refractivity contribution in [3.63, 3.8) is 0 Å². The molecule has 3 rings (SSSR count). The molecule has 17 heavy (non-hydrogen) atoms. The molecule has 0 saturated heterocycles. The van der Waals surface area contributed by atoms with Gasteiger partial charge >= 0.3 is 12.2 Å². The van der Waals surface area contributed by atoms with Crippen LogP contribution in [0.25, 0.3) is 21.9 Å². The Bertz CT molecular complexity index is 720. The molecule has 2 N–H and O–H groups in total. The number of ether oxygens (including phenoxy) is 1. The molecule has 0 bridgehead atoms. The number of para-hydroxylation sites is 1. The molecule has 0 saturated carbocycles. The number of hydrogen-bond donors (Lipinski definition) is 2. The van der Waals surface area contributed by atoms with Gasteiger partial charge in [-0.25, -0.2) is 9.78 Å². The van der Waals surface area contributed by atoms with Gasteiger partial charge in [0.15, 0.2) is 0 Å². The van der Waals surface area contributed by atoms with Crippen LogP contribution in [0.5, 0.6) is 6.01 Å². The SMILES string of the molecule is O=C(O)Oc1ncc2[nH]c3ccccc3c2n1. The Hall–Kier alpha value is -2.63. The van der Waals surface area contributed by atoms with E-state index >= 15 is 0 Å². The van der Waals surface area contributed by atoms with Crippen molar-refractivity contribution in [1.29, 1.82) is 0 Å². The molecule has 0 amide bonds. The normalized spacial score (nSPS) is 10.8. The maximum absolute atomic E-state index is 10.4. The van der Waals surface area contributed by atoms with Crippen molar-refractivity contribution in [1.82, 2.24) is 15.0 Å². The van der Waals surface area contributed by atoms with Crippen LogP contribution in [0.1, 0.15) is 0 Å². The van der Waals surface area contributed by atoms with E-state index in [1.165, 1.54) is 6.20 Å². The lowest BCUT2D eigenvalue weighted by Crippen LogP contribution is -2.05. The van der Waals surface area contributed by atoms with Crippen molar-refractivity contribution in [2.75, 3.05) is 0 Å². The van der Waals surface area contributed by atoms with Crippen LogP contribution in [0.4, 0.5) is 4.79 Å². The average molecular weight is 229 g/mol. The summed E-state index contributed by atoms with van der Waals surface area (Å²) < 4.78 is 4.42. The van der Waals surface area contributed by atoms with E-state index in [2.05, 4.69) is 19.7 Å². The van der Waals surface area contributed by atoms with Crippen LogP contribution in [0.15, 0.2) is 30.5 Å². The lowest BCUT2D eigenvalue weighted by atomic mass is 10.2. The number of aromatic amines is 1. The Morgan fingerprint density at radius 3 is 2.94 bits per heavy atom. The van der Waals surface area contributed by atoms with Crippen molar-refractivity contribution >= 4 is 28.1 Å². The Morgan fingerprint density at radius 2 is 2.12 bits per heavy atom. The van der Waals surface area contributed by atoms with Crippen LogP contribution in [0, 0.1) is 0 Å². The van der Waals surface area contributed by atoms with Gasteiger partial charge in [-0.15, -0.1) is 0 Å². The molecule has 2 heterocycles. The van der Waals surface area contributed by atoms with E-state index in [0.29, 0.717) is 5.52 Å². The maximum Gasteiger partial charge on any atom is 0.513 e. The minimum atomic E-state index is -1.43. The Balaban J connectivity index is 2.26. The molecule has 0 fully saturated rings. The molecule has 84 valence electrons. The fourth-order valence-corrected chi connectivity index (χ4v) is 1.73. The van der Waals surface area contributed by atoms with Crippen LogP contribution >= 0.6 is 0 Å². The standard InChI is InChI=1S/C11H7N3O3/c15-11(16)17-10-12-5-8-9(14-10)6-3-1-2-4-7(6)13-8/h1-5,13H,(H,15,16). The van der Waals surface area contributed by atoms with Crippen molar-refractivity contribution < 1.29 is 14.6 Å². The molecule has 0 spiro atoms. The molecule has 1 aromatic carbocycles. The molecular weight excluding hydrogens is 222 g/mol. The number of nitrogens with zero attached hydrogens (tertiary/aromatic N) is 2. The summed E-state index contributed by atoms with van der Waals surface area (Å²) in [5, 5.41) is 9.40. The summed E-state index contributed by atoms with van der Waals surface area (Å²) in [6.45, 7) is 0. The molecule has 0 aliphatic heterocycles. The van der Waals surface area contributed by atoms with Crippen LogP contribution in [0.2, 0.25) is 0 Å². The molecule has 6 heteroatoms. The third kappa shape index (κ3) is 1.55. The molecule has 0 atom stereocenters. The molecule has 2 aromatic heterocycles. The summed E-state index contributed by atoms with van der Waals surface area (Å²) >= 11 is 0. The fourth-order valence-electron chi connectivity index (χ4n) is 1.73. The monoisotopic (exact) mass is 229 g/mol. The number of H-pyrrole nitrogens is 1. The largest absolute Gasteiger partial charge is 0.513 e. The fraction of sp³-hybridized carbons (Fsp3) is 0. The molecule has 6 nitrogen and oxygen atoms in total. The zero-order valence-corrected chi connectivity index (χ0v) is 8.54. The second kappa shape index (κ2) is 3.44. The van der Waals surface area contributed by atoms with Gasteiger partial charge in [-0.2, -0.15) is 4.98 Å². The van der Waals surface area contributed by atoms with Gasteiger partial charge in [-0.3, -0.25) is 0 Å². The van der Waals surface area contributed by atoms with Gasteiger partial charge in [0.05, 0.1) is 11.7 Å². The van der Waals surface area contributed by atoms with Gasteiger partial charge in [-0.1, -0.05) is 18.2 Å². The molecular formula is C11H7N3O3. The predicted molar refractivity (Wildman–Crippen MR) is 60.0 cm³/mol. The van der Waals surface area contributed by atoms with E-state index in [-0.39, 0.29) is 6.01 Å². The topological polar surface area (TPSA) is 88.1 Å². The van der Waals surface area contributed by atoms with E-state index < -0.39 is 6.16 Å². The molecule has 3 aromatic rings. The number of carboxylic acid groups (broad SMARTS) is 1. The second-order valence-electron chi connectivity index (χ2n) is 3.45. The van der Waals surface area contributed by atoms with Crippen molar-refractivity contribution in [3.05, 3.63) is 30.5 Å². The summed E-state index contributed by atoms with van der Waals surface area (Å²) in [7, 11) is 0. The van der Waals surface area contributed by atoms with Gasteiger partial charge in [0, 0.05) is 10.9 Å². The third-order valence-corrected chi connectivity index (χ3v) is 2.40. The minimum absolute atomic E-state index is 0.172. The van der Waals surface area contributed by atoms with Crippen molar-refractivity contribution in [2.24, 2.45) is 0 Å². The highest BCUT2D eigenvalue weighted by Crippen LogP contribution is 2.23. The lowest BCUT2D eigenvalue weighted by Gasteiger charge is -1.96. The van der Waals surface area contributed by atoms with Crippen LogP contribution < -0.4 is 4.74 Å². The minimum Gasteiger partial charge on any atom is -0.449 e. The average Bonchev–Trinajstić information content (AvgIpc) is 2.66. The summed E-state index contributed by atoms with van der Waals surface area (Å²) in [5.41, 5.74) is 2.31. The predicted octanol–water partition coefficient (Wildman–Crippen LogP) is 2.17. The second-order valence-corrected chi connectivity index (χ2v) is 3.45. The molecule has 0 aliphatic rings. The third-order valence-electron chi connectivity index (χ3n) is 2.40. The summed E-state index contributed by atoms with van der Waals surface area (Å²) in [5.74, 6) is 0. The number of rotatable bonds is 1. The number of aromatic nitrogens is 3. The highest BCUT2D eigenvalue weighted by molar-refractivity contribution is 6.04. The van der Waals surface area contributed by atoms with Gasteiger partial charge in [0.1, 0.15) is 5.52 Å². The van der Waals surface area contributed by atoms with Crippen LogP contribution in [-0.2, 0) is 0 Å². The molecule has 0 aliphatic carbocycles. The highest BCUT2D eigenvalue weighted by Gasteiger charge is 2.09. The van der Waals surface area contributed by atoms with E-state index in [1.807, 2.05) is 24.3 Å². The van der Waals surface area contributed by atoms with E-state index in [0.717, 1.165) is 16.4 Å². The number of hydrogen-bond acceptors (Lipinski definition) is 4. The van der Waals surface area contributed by atoms with Crippen molar-refractivity contribution in [2.45, 2.75) is 0 Å². The number of carbonyl (C=O) groups is 1. The van der Waals surface area contributed by atoms with Gasteiger partial charge in [0.2, 0.25) is 0 Å². The van der Waals surface area contributed by atoms with E-state index in [1.54, 1.807) is 0 Å². The summed E-state index contributed by atoms with van der Waals surface area (Å²) in [4.78, 5) is 21.4. The summed E-state index contributed by atoms with van der Waals surface area (Å²) in [6.07, 6.45) is 0.0739. The van der Waals surface area contributed by atoms with Crippen LogP contribution in [0.3, 0.4) is 0 Å². The first-order valence-corrected chi connectivity index (χ1v) is 4.88. The quantitative estimate of drug-likeness (QED) is 0.624. The number of benzene rings is 1. The zero-order valence-electron chi connectivity index (χ0n) is 8.54. The number of fused-ring (bicyclic) bond motifs is 3. The maximum atomic E-state index is 10.4. The zero-order chi connectivity index (χ0) is 11.8. The Kier molecular flexibility index (Phi) is 1.94. The molecule has 0 radical (unpaired) electrons. The van der Waals surface area contributed by atoms with E-state index in [4.69, 9.17) is 5.11 Å². The van der Waals surface area contributed by atoms with E-state index in [9.17, 15) is 4.79 Å². The first-order chi connectivity index (χ1) is 8.24. The molecule has 0 unspecified atom stereocenters. The van der Waals surface area contributed by atoms with Crippen LogP contribution in [-0.4, -0.2) is 26.2 Å². The first-order valence-electron chi connectivity index (χ1n) is 4.88. The van der Waals surface area contributed by atoms with Gasteiger partial charge in [-0.05, 0) is 6.07 Å². The summed E-state index contributed by atoms with van der Waals surface area (Å²) in [6, 6.07) is 7.42.